The third-order valence-electron chi connectivity index (χ3n) is 6.79. The van der Waals surface area contributed by atoms with Gasteiger partial charge in [-0.05, 0) is 23.2 Å². The summed E-state index contributed by atoms with van der Waals surface area (Å²) in [6, 6.07) is 10.4. The van der Waals surface area contributed by atoms with E-state index in [1.807, 2.05) is 0 Å². The van der Waals surface area contributed by atoms with E-state index in [2.05, 4.69) is 65.8 Å². The molecule has 0 radical (unpaired) electrons. The number of rotatable bonds is 14. The molecule has 0 atom stereocenters. The summed E-state index contributed by atoms with van der Waals surface area (Å²) in [5, 5.41) is -0.562. The number of unbranched alkanes of at least 4 members (excludes halogenated alkanes) is 6. The summed E-state index contributed by atoms with van der Waals surface area (Å²) >= 11 is 28.6. The molecule has 0 fully saturated rings. The molecule has 1 aromatic rings. The van der Waals surface area contributed by atoms with Gasteiger partial charge in [-0.25, -0.2) is 0 Å². The topological polar surface area (TPSA) is 0 Å². The SMILES string of the molecule is CCCCCC[Si](Cl)(Cl)C(C)(C)c1ccccc1C(C)(C)[Si](Cl)(Cl)CCCCCC. The third-order valence-corrected chi connectivity index (χ3v) is 20.9. The largest absolute Gasteiger partial charge is 0.261 e. The first-order valence-corrected chi connectivity index (χ1v) is 20.2. The normalized spacial score (nSPS) is 13.7. The van der Waals surface area contributed by atoms with Gasteiger partial charge in [0.25, 0.3) is 13.4 Å². The summed E-state index contributed by atoms with van der Waals surface area (Å²) in [5.41, 5.74) is 2.46. The van der Waals surface area contributed by atoms with Crippen molar-refractivity contribution in [3.63, 3.8) is 0 Å². The quantitative estimate of drug-likeness (QED) is 0.128. The maximum absolute atomic E-state index is 7.15. The summed E-state index contributed by atoms with van der Waals surface area (Å²) in [6.45, 7) is 8.24. The van der Waals surface area contributed by atoms with Crippen LogP contribution in [0.2, 0.25) is 12.1 Å². The summed E-state index contributed by atoms with van der Waals surface area (Å²) in [5.74, 6) is 0. The van der Waals surface area contributed by atoms with Crippen molar-refractivity contribution in [1.82, 2.24) is 0 Å². The molecular formula is C24H42Cl4Si2. The lowest BCUT2D eigenvalue weighted by atomic mass is 9.89. The van der Waals surface area contributed by atoms with E-state index in [9.17, 15) is 0 Å². The van der Waals surface area contributed by atoms with Crippen LogP contribution in [-0.4, -0.2) is 13.4 Å². The molecular weight excluding hydrogens is 486 g/mol. The summed E-state index contributed by atoms with van der Waals surface area (Å²) in [7, 11) is 0. The van der Waals surface area contributed by atoms with Crippen LogP contribution in [0.25, 0.3) is 0 Å². The first kappa shape index (κ1) is 28.8. The predicted molar refractivity (Wildman–Crippen MR) is 145 cm³/mol. The fraction of sp³-hybridized carbons (Fsp3) is 0.750. The molecule has 0 saturated heterocycles. The average molecular weight is 529 g/mol. The number of hydrogen-bond acceptors (Lipinski definition) is 0. The minimum absolute atomic E-state index is 0.281. The van der Waals surface area contributed by atoms with Crippen LogP contribution in [0.3, 0.4) is 0 Å². The average Bonchev–Trinajstić information content (AvgIpc) is 2.68. The zero-order valence-corrected chi connectivity index (χ0v) is 24.9. The number of halogens is 4. The lowest BCUT2D eigenvalue weighted by Crippen LogP contribution is -2.49. The molecule has 0 N–H and O–H groups in total. The highest BCUT2D eigenvalue weighted by Crippen LogP contribution is 2.50. The van der Waals surface area contributed by atoms with Crippen LogP contribution in [0.15, 0.2) is 24.3 Å². The molecule has 0 nitrogen and oxygen atoms in total. The molecule has 1 rings (SSSR count). The van der Waals surface area contributed by atoms with Crippen molar-refractivity contribution in [2.24, 2.45) is 0 Å². The Hall–Kier alpha value is 0.814. The van der Waals surface area contributed by atoms with Crippen LogP contribution in [0.1, 0.15) is 104 Å². The Bertz CT molecular complexity index is 587. The van der Waals surface area contributed by atoms with Gasteiger partial charge in [0.15, 0.2) is 0 Å². The van der Waals surface area contributed by atoms with Gasteiger partial charge < -0.3 is 0 Å². The van der Waals surface area contributed by atoms with Gasteiger partial charge in [0.1, 0.15) is 0 Å². The molecule has 0 saturated carbocycles. The van der Waals surface area contributed by atoms with Gasteiger partial charge in [0.05, 0.1) is 0 Å². The van der Waals surface area contributed by atoms with Crippen LogP contribution < -0.4 is 0 Å². The maximum Gasteiger partial charge on any atom is 0.261 e. The van der Waals surface area contributed by atoms with E-state index in [0.29, 0.717) is 0 Å². The lowest BCUT2D eigenvalue weighted by Gasteiger charge is -2.43. The van der Waals surface area contributed by atoms with Crippen molar-refractivity contribution in [1.29, 1.82) is 0 Å². The number of benzene rings is 1. The summed E-state index contributed by atoms with van der Waals surface area (Å²) in [4.78, 5) is 0. The van der Waals surface area contributed by atoms with Crippen molar-refractivity contribution >= 4 is 57.7 Å². The fourth-order valence-corrected chi connectivity index (χ4v) is 10.8. The molecule has 0 aromatic heterocycles. The molecule has 6 heteroatoms. The van der Waals surface area contributed by atoms with Crippen molar-refractivity contribution < 1.29 is 0 Å². The molecule has 0 aliphatic carbocycles. The van der Waals surface area contributed by atoms with Crippen LogP contribution >= 0.6 is 44.3 Å². The van der Waals surface area contributed by atoms with Crippen molar-refractivity contribution in [3.05, 3.63) is 35.4 Å². The minimum atomic E-state index is -2.55. The predicted octanol–water partition coefficient (Wildman–Crippen LogP) is 10.3. The smallest absolute Gasteiger partial charge is 0.145 e. The molecule has 0 aliphatic heterocycles. The van der Waals surface area contributed by atoms with Gasteiger partial charge >= 0.3 is 0 Å². The van der Waals surface area contributed by atoms with Crippen LogP contribution in [0.5, 0.6) is 0 Å². The molecule has 0 bridgehead atoms. The molecule has 0 unspecified atom stereocenters. The second kappa shape index (κ2) is 12.3. The molecule has 0 heterocycles. The van der Waals surface area contributed by atoms with Gasteiger partial charge in [-0.15, -0.1) is 44.3 Å². The standard InChI is InChI=1S/C24H42Cl4Si2/c1-7-9-11-15-19-29(25,26)23(3,4)21-17-13-14-18-22(21)24(5,6)30(27,28)20-16-12-10-8-2/h13-14,17-18H,7-12,15-16,19-20H2,1-6H3. The van der Waals surface area contributed by atoms with Gasteiger partial charge in [-0.3, -0.25) is 0 Å². The maximum atomic E-state index is 7.15. The van der Waals surface area contributed by atoms with Crippen molar-refractivity contribution in [3.8, 4) is 0 Å². The van der Waals surface area contributed by atoms with E-state index >= 15 is 0 Å². The van der Waals surface area contributed by atoms with E-state index in [-0.39, 0.29) is 10.1 Å². The fourth-order valence-electron chi connectivity index (χ4n) is 4.14. The molecule has 0 spiro atoms. The Balaban J connectivity index is 3.20. The van der Waals surface area contributed by atoms with Gasteiger partial charge in [-0.1, -0.05) is 117 Å². The Kier molecular flexibility index (Phi) is 11.9. The number of hydrogen-bond donors (Lipinski definition) is 0. The van der Waals surface area contributed by atoms with E-state index in [0.717, 1.165) is 24.9 Å². The van der Waals surface area contributed by atoms with Crippen molar-refractivity contribution in [2.75, 3.05) is 0 Å². The molecule has 30 heavy (non-hydrogen) atoms. The summed E-state index contributed by atoms with van der Waals surface area (Å²) in [6.07, 6.45) is 9.52. The summed E-state index contributed by atoms with van der Waals surface area (Å²) < 4.78 is 0. The highest BCUT2D eigenvalue weighted by atomic mass is 35.7. The van der Waals surface area contributed by atoms with E-state index in [1.165, 1.54) is 49.7 Å². The van der Waals surface area contributed by atoms with Gasteiger partial charge in [0, 0.05) is 10.1 Å². The highest BCUT2D eigenvalue weighted by molar-refractivity contribution is 7.47. The van der Waals surface area contributed by atoms with Crippen LogP contribution in [0.4, 0.5) is 0 Å². The highest BCUT2D eigenvalue weighted by Gasteiger charge is 2.52. The van der Waals surface area contributed by atoms with Crippen molar-refractivity contribution in [2.45, 2.75) is 115 Å². The third kappa shape index (κ3) is 7.16. The first-order chi connectivity index (χ1) is 13.8. The monoisotopic (exact) mass is 526 g/mol. The molecule has 1 aromatic carbocycles. The second-order valence-electron chi connectivity index (χ2n) is 9.83. The Morgan fingerprint density at radius 3 is 1.23 bits per heavy atom. The minimum Gasteiger partial charge on any atom is -0.145 e. The van der Waals surface area contributed by atoms with E-state index < -0.39 is 13.4 Å². The molecule has 174 valence electrons. The molecule has 0 amide bonds. The van der Waals surface area contributed by atoms with Crippen LogP contribution in [-0.2, 0) is 10.1 Å². The van der Waals surface area contributed by atoms with E-state index in [4.69, 9.17) is 44.3 Å². The van der Waals surface area contributed by atoms with E-state index in [1.54, 1.807) is 0 Å². The Morgan fingerprint density at radius 1 is 0.600 bits per heavy atom. The Morgan fingerprint density at radius 2 is 0.933 bits per heavy atom. The second-order valence-corrected chi connectivity index (χ2v) is 25.0. The zero-order chi connectivity index (χ0) is 23.1. The van der Waals surface area contributed by atoms with Crippen LogP contribution in [0, 0.1) is 0 Å². The van der Waals surface area contributed by atoms with Gasteiger partial charge in [0.2, 0.25) is 0 Å². The zero-order valence-electron chi connectivity index (χ0n) is 19.9. The lowest BCUT2D eigenvalue weighted by molar-refractivity contribution is 0.646. The molecule has 0 aliphatic rings. The first-order valence-electron chi connectivity index (χ1n) is 11.7. The Labute approximate surface area is 207 Å². The van der Waals surface area contributed by atoms with Gasteiger partial charge in [-0.2, -0.15) is 0 Å².